The Morgan fingerprint density at radius 3 is 2.61 bits per heavy atom. The van der Waals surface area contributed by atoms with Gasteiger partial charge in [0.25, 0.3) is 20.1 Å². The largest absolute Gasteiger partial charge is 0.441 e. The van der Waals surface area contributed by atoms with Crippen molar-refractivity contribution in [3.05, 3.63) is 0 Å². The Morgan fingerprint density at radius 1 is 1.56 bits per heavy atom. The number of carbonyl (C=O) groups excluding carboxylic acids is 1. The van der Waals surface area contributed by atoms with E-state index in [4.69, 9.17) is 5.84 Å². The van der Waals surface area contributed by atoms with Crippen molar-refractivity contribution in [3.8, 4) is 0 Å². The Morgan fingerprint density at radius 2 is 2.17 bits per heavy atom. The molecule has 0 radical (unpaired) electrons. The van der Waals surface area contributed by atoms with Gasteiger partial charge < -0.3 is 4.74 Å². The summed E-state index contributed by atoms with van der Waals surface area (Å²) in [4.78, 5) is 11.4. The van der Waals surface area contributed by atoms with E-state index in [1.165, 1.54) is 0 Å². The average molecular weight is 302 g/mol. The van der Waals surface area contributed by atoms with Gasteiger partial charge in [-0.15, -0.1) is 4.41 Å². The third-order valence-corrected chi connectivity index (χ3v) is 4.98. The van der Waals surface area contributed by atoms with Gasteiger partial charge in [0.15, 0.2) is 0 Å². The third kappa shape index (κ3) is 3.80. The number of hydrazine groups is 1. The van der Waals surface area contributed by atoms with Gasteiger partial charge in [0.05, 0.1) is 5.75 Å². The van der Waals surface area contributed by atoms with Crippen molar-refractivity contribution < 1.29 is 30.6 Å². The second-order valence-corrected chi connectivity index (χ2v) is 7.28. The topological polar surface area (TPSA) is 133 Å². The quantitative estimate of drug-likeness (QED) is 0.295. The number of hydrogen-bond donors (Lipinski definition) is 1. The molecule has 1 amide bonds. The fourth-order valence-electron chi connectivity index (χ4n) is 1.24. The van der Waals surface area contributed by atoms with Crippen molar-refractivity contribution in [1.29, 1.82) is 0 Å². The van der Waals surface area contributed by atoms with Gasteiger partial charge in [0.1, 0.15) is 18.5 Å². The van der Waals surface area contributed by atoms with Crippen LogP contribution in [0.15, 0.2) is 0 Å². The molecule has 1 aliphatic heterocycles. The maximum atomic E-state index is 11.4. The fourth-order valence-corrected chi connectivity index (χ4v) is 3.29. The molecule has 0 aromatic rings. The first-order valence-electron chi connectivity index (χ1n) is 5.03. The average Bonchev–Trinajstić information content (AvgIpc) is 2.56. The lowest BCUT2D eigenvalue weighted by Crippen LogP contribution is -2.45. The SMILES string of the molecule is CCCS(=O)(=O)N(N)C(=O)OC1COS(=O)(=O)C1. The Kier molecular flexibility index (Phi) is 4.53. The van der Waals surface area contributed by atoms with Crippen LogP contribution in [0.25, 0.3) is 0 Å². The van der Waals surface area contributed by atoms with Crippen LogP contribution in [0.2, 0.25) is 0 Å². The zero-order chi connectivity index (χ0) is 14.0. The van der Waals surface area contributed by atoms with Crippen LogP contribution in [0.1, 0.15) is 13.3 Å². The highest BCUT2D eigenvalue weighted by Crippen LogP contribution is 2.13. The van der Waals surface area contributed by atoms with Crippen LogP contribution in [0.5, 0.6) is 0 Å². The molecule has 0 aromatic heterocycles. The van der Waals surface area contributed by atoms with Crippen molar-refractivity contribution in [1.82, 2.24) is 4.41 Å². The lowest BCUT2D eigenvalue weighted by molar-refractivity contribution is 0.0781. The summed E-state index contributed by atoms with van der Waals surface area (Å²) in [6.07, 6.45) is -2.09. The first-order chi connectivity index (χ1) is 8.18. The molecule has 9 nitrogen and oxygen atoms in total. The predicted molar refractivity (Wildman–Crippen MR) is 60.1 cm³/mol. The summed E-state index contributed by atoms with van der Waals surface area (Å²) in [6.45, 7) is 1.27. The number of rotatable bonds is 4. The monoisotopic (exact) mass is 302 g/mol. The van der Waals surface area contributed by atoms with Crippen LogP contribution in [-0.4, -0.2) is 51.6 Å². The zero-order valence-corrected chi connectivity index (χ0v) is 11.2. The van der Waals surface area contributed by atoms with Crippen LogP contribution >= 0.6 is 0 Å². The van der Waals surface area contributed by atoms with E-state index in [2.05, 4.69) is 8.92 Å². The number of hydrogen-bond acceptors (Lipinski definition) is 8. The van der Waals surface area contributed by atoms with Crippen molar-refractivity contribution in [3.63, 3.8) is 0 Å². The third-order valence-electron chi connectivity index (χ3n) is 2.03. The summed E-state index contributed by atoms with van der Waals surface area (Å²) in [6, 6.07) is 0. The van der Waals surface area contributed by atoms with Gasteiger partial charge in [0.2, 0.25) is 0 Å². The molecule has 0 bridgehead atoms. The number of amides is 1. The van der Waals surface area contributed by atoms with Gasteiger partial charge in [0, 0.05) is 0 Å². The molecule has 1 rings (SSSR count). The molecule has 1 aliphatic rings. The minimum atomic E-state index is -3.93. The molecule has 2 N–H and O–H groups in total. The van der Waals surface area contributed by atoms with E-state index < -0.39 is 38.1 Å². The maximum absolute atomic E-state index is 11.4. The van der Waals surface area contributed by atoms with E-state index >= 15 is 0 Å². The zero-order valence-electron chi connectivity index (χ0n) is 9.60. The van der Waals surface area contributed by atoms with Crippen LogP contribution < -0.4 is 5.84 Å². The molecule has 106 valence electrons. The van der Waals surface area contributed by atoms with E-state index in [0.29, 0.717) is 0 Å². The maximum Gasteiger partial charge on any atom is 0.438 e. The number of ether oxygens (including phenoxy) is 1. The van der Waals surface area contributed by atoms with Crippen molar-refractivity contribution in [2.24, 2.45) is 5.84 Å². The molecule has 0 aromatic carbocycles. The number of sulfonamides is 1. The second-order valence-electron chi connectivity index (χ2n) is 3.63. The van der Waals surface area contributed by atoms with E-state index in [0.717, 1.165) is 0 Å². The van der Waals surface area contributed by atoms with Gasteiger partial charge in [-0.05, 0) is 6.42 Å². The summed E-state index contributed by atoms with van der Waals surface area (Å²) >= 11 is 0. The standard InChI is InChI=1S/C7H14N2O7S2/c1-2-3-17(11,12)9(8)7(10)16-6-4-15-18(13,14)5-6/h6H,2-5,8H2,1H3. The van der Waals surface area contributed by atoms with Gasteiger partial charge >= 0.3 is 6.09 Å². The first kappa shape index (κ1) is 15.1. The Balaban J connectivity index is 2.62. The van der Waals surface area contributed by atoms with Gasteiger partial charge in [-0.2, -0.15) is 8.42 Å². The molecule has 0 saturated carbocycles. The van der Waals surface area contributed by atoms with E-state index in [1.54, 1.807) is 6.92 Å². The summed E-state index contributed by atoms with van der Waals surface area (Å²) in [5.74, 6) is 4.29. The Bertz CT molecular complexity index is 512. The van der Waals surface area contributed by atoms with Crippen LogP contribution in [0, 0.1) is 0 Å². The highest BCUT2D eigenvalue weighted by molar-refractivity contribution is 7.89. The lowest BCUT2D eigenvalue weighted by Gasteiger charge is -2.17. The molecular formula is C7H14N2O7S2. The summed E-state index contributed by atoms with van der Waals surface area (Å²) in [5, 5.41) is 0. The Hall–Kier alpha value is -0.910. The Labute approximate surface area is 105 Å². The minimum absolute atomic E-state index is 0.0264. The van der Waals surface area contributed by atoms with E-state index in [1.807, 2.05) is 0 Å². The molecule has 18 heavy (non-hydrogen) atoms. The molecule has 1 fully saturated rings. The first-order valence-corrected chi connectivity index (χ1v) is 8.22. The molecule has 0 spiro atoms. The predicted octanol–water partition coefficient (Wildman–Crippen LogP) is -1.23. The molecule has 1 heterocycles. The highest BCUT2D eigenvalue weighted by atomic mass is 32.2. The van der Waals surface area contributed by atoms with Gasteiger partial charge in [-0.3, -0.25) is 4.18 Å². The molecule has 1 atom stereocenters. The molecule has 1 saturated heterocycles. The van der Waals surface area contributed by atoms with Crippen LogP contribution in [-0.2, 0) is 29.1 Å². The van der Waals surface area contributed by atoms with E-state index in [9.17, 15) is 21.6 Å². The van der Waals surface area contributed by atoms with Crippen molar-refractivity contribution in [2.45, 2.75) is 19.4 Å². The van der Waals surface area contributed by atoms with E-state index in [-0.39, 0.29) is 23.2 Å². The molecule has 0 aliphatic carbocycles. The summed E-state index contributed by atoms with van der Waals surface area (Å²) < 4.78 is 53.6. The second kappa shape index (κ2) is 5.38. The van der Waals surface area contributed by atoms with Crippen LogP contribution in [0.3, 0.4) is 0 Å². The normalized spacial score (nSPS) is 22.7. The summed E-state index contributed by atoms with van der Waals surface area (Å²) in [7, 11) is -7.63. The number of carbonyl (C=O) groups is 1. The highest BCUT2D eigenvalue weighted by Gasteiger charge is 2.34. The van der Waals surface area contributed by atoms with Gasteiger partial charge in [-0.1, -0.05) is 6.92 Å². The smallest absolute Gasteiger partial charge is 0.438 e. The summed E-state index contributed by atoms with van der Waals surface area (Å²) in [5.41, 5.74) is 0. The minimum Gasteiger partial charge on any atom is -0.441 e. The molecular weight excluding hydrogens is 288 g/mol. The van der Waals surface area contributed by atoms with Crippen molar-refractivity contribution in [2.75, 3.05) is 18.1 Å². The van der Waals surface area contributed by atoms with Crippen LogP contribution in [0.4, 0.5) is 4.79 Å². The fraction of sp³-hybridized carbons (Fsp3) is 0.857. The van der Waals surface area contributed by atoms with Crippen molar-refractivity contribution >= 4 is 26.2 Å². The lowest BCUT2D eigenvalue weighted by atomic mass is 10.4. The number of nitrogens with zero attached hydrogens (tertiary/aromatic N) is 1. The molecule has 1 unspecified atom stereocenters. The molecule has 11 heteroatoms. The number of nitrogens with two attached hydrogens (primary N) is 1. The van der Waals surface area contributed by atoms with Gasteiger partial charge in [-0.25, -0.2) is 19.1 Å².